The van der Waals surface area contributed by atoms with Gasteiger partial charge in [-0.1, -0.05) is 0 Å². The smallest absolute Gasteiger partial charge is 0.238 e. The maximum atomic E-state index is 13.1. The molecule has 1 N–H and O–H groups in total. The third-order valence-electron chi connectivity index (χ3n) is 3.95. The van der Waals surface area contributed by atoms with Crippen LogP contribution < -0.4 is 5.32 Å². The number of carbonyl (C=O) groups excluding carboxylic acids is 1. The highest BCUT2D eigenvalue weighted by Gasteiger charge is 2.26. The van der Waals surface area contributed by atoms with E-state index in [1.807, 2.05) is 0 Å². The van der Waals surface area contributed by atoms with E-state index in [9.17, 15) is 13.6 Å². The number of thiophene rings is 1. The van der Waals surface area contributed by atoms with E-state index >= 15 is 0 Å². The Morgan fingerprint density at radius 3 is 2.95 bits per heavy atom. The first kappa shape index (κ1) is 15.1. The Balaban J connectivity index is 1.64. The second kappa shape index (κ2) is 6.14. The van der Waals surface area contributed by atoms with Gasteiger partial charge >= 0.3 is 0 Å². The molecular formula is C16H16F2N2OS. The van der Waals surface area contributed by atoms with E-state index in [0.29, 0.717) is 0 Å². The number of rotatable bonds is 3. The Morgan fingerprint density at radius 1 is 1.36 bits per heavy atom. The molecule has 1 atom stereocenters. The maximum Gasteiger partial charge on any atom is 0.238 e. The summed E-state index contributed by atoms with van der Waals surface area (Å²) in [5, 5.41) is 4.69. The minimum atomic E-state index is -0.966. The van der Waals surface area contributed by atoms with Crippen LogP contribution in [-0.4, -0.2) is 23.9 Å². The minimum Gasteiger partial charge on any atom is -0.325 e. The highest BCUT2D eigenvalue weighted by Crippen LogP contribution is 2.32. The highest BCUT2D eigenvalue weighted by molar-refractivity contribution is 7.10. The molecule has 0 fully saturated rings. The number of nitrogens with zero attached hydrogens (tertiary/aromatic N) is 1. The van der Waals surface area contributed by atoms with Crippen LogP contribution in [0.5, 0.6) is 0 Å². The summed E-state index contributed by atoms with van der Waals surface area (Å²) in [5.74, 6) is -2.11. The quantitative estimate of drug-likeness (QED) is 0.937. The van der Waals surface area contributed by atoms with Crippen LogP contribution in [0.25, 0.3) is 0 Å². The van der Waals surface area contributed by atoms with Gasteiger partial charge in [0.2, 0.25) is 5.91 Å². The van der Waals surface area contributed by atoms with Crippen LogP contribution in [0.1, 0.15) is 23.4 Å². The van der Waals surface area contributed by atoms with E-state index in [2.05, 4.69) is 28.6 Å². The normalized spacial score (nSPS) is 18.0. The van der Waals surface area contributed by atoms with Gasteiger partial charge in [0.05, 0.1) is 6.54 Å². The summed E-state index contributed by atoms with van der Waals surface area (Å²) in [6, 6.07) is 5.64. The van der Waals surface area contributed by atoms with Crippen molar-refractivity contribution in [3.05, 3.63) is 51.7 Å². The molecule has 1 aliphatic heterocycles. The zero-order valence-corrected chi connectivity index (χ0v) is 12.9. The molecule has 0 bridgehead atoms. The number of hydrogen-bond donors (Lipinski definition) is 1. The van der Waals surface area contributed by atoms with Crippen molar-refractivity contribution in [2.45, 2.75) is 19.4 Å². The van der Waals surface area contributed by atoms with Gasteiger partial charge in [-0.05, 0) is 42.5 Å². The summed E-state index contributed by atoms with van der Waals surface area (Å²) < 4.78 is 26.0. The van der Waals surface area contributed by atoms with Crippen molar-refractivity contribution in [2.75, 3.05) is 18.4 Å². The minimum absolute atomic E-state index is 0.186. The number of carbonyl (C=O) groups is 1. The van der Waals surface area contributed by atoms with Crippen molar-refractivity contribution in [1.82, 2.24) is 4.90 Å². The molecule has 1 aromatic heterocycles. The van der Waals surface area contributed by atoms with E-state index < -0.39 is 11.6 Å². The molecule has 116 valence electrons. The average Bonchev–Trinajstić information content (AvgIpc) is 2.95. The fourth-order valence-corrected chi connectivity index (χ4v) is 3.70. The lowest BCUT2D eigenvalue weighted by Gasteiger charge is -2.32. The first-order chi connectivity index (χ1) is 10.5. The molecule has 22 heavy (non-hydrogen) atoms. The van der Waals surface area contributed by atoms with E-state index in [0.717, 1.165) is 25.1 Å². The Labute approximate surface area is 131 Å². The van der Waals surface area contributed by atoms with Crippen LogP contribution in [0.3, 0.4) is 0 Å². The van der Waals surface area contributed by atoms with Crippen molar-refractivity contribution < 1.29 is 13.6 Å². The Morgan fingerprint density at radius 2 is 2.18 bits per heavy atom. The molecule has 0 spiro atoms. The van der Waals surface area contributed by atoms with Crippen LogP contribution in [0.4, 0.5) is 14.5 Å². The zero-order chi connectivity index (χ0) is 15.7. The van der Waals surface area contributed by atoms with Crippen LogP contribution in [-0.2, 0) is 11.2 Å². The molecule has 6 heteroatoms. The standard InChI is InChI=1S/C16H16F2N2OS/c1-10-12-5-7-22-15(12)4-6-20(10)9-16(21)19-11-2-3-13(17)14(18)8-11/h2-3,5,7-8,10H,4,6,9H2,1H3,(H,19,21). The molecule has 2 heterocycles. The van der Waals surface area contributed by atoms with Crippen molar-refractivity contribution in [1.29, 1.82) is 0 Å². The molecule has 0 saturated heterocycles. The fourth-order valence-electron chi connectivity index (χ4n) is 2.74. The molecule has 1 unspecified atom stereocenters. The summed E-state index contributed by atoms with van der Waals surface area (Å²) in [5.41, 5.74) is 1.54. The summed E-state index contributed by atoms with van der Waals surface area (Å²) in [6.45, 7) is 3.13. The van der Waals surface area contributed by atoms with Gasteiger partial charge in [0.15, 0.2) is 11.6 Å². The number of nitrogens with one attached hydrogen (secondary N) is 1. The first-order valence-corrected chi connectivity index (χ1v) is 7.98. The largest absolute Gasteiger partial charge is 0.325 e. The number of benzene rings is 1. The van der Waals surface area contributed by atoms with Crippen molar-refractivity contribution in [3.63, 3.8) is 0 Å². The lowest BCUT2D eigenvalue weighted by molar-refractivity contribution is -0.117. The Bertz CT molecular complexity index is 701. The van der Waals surface area contributed by atoms with Gasteiger partial charge in [-0.15, -0.1) is 11.3 Å². The summed E-state index contributed by atoms with van der Waals surface area (Å²) >= 11 is 1.75. The SMILES string of the molecule is CC1c2ccsc2CCN1CC(=O)Nc1ccc(F)c(F)c1. The third-order valence-corrected chi connectivity index (χ3v) is 4.95. The predicted molar refractivity (Wildman–Crippen MR) is 83.0 cm³/mol. The number of anilines is 1. The number of halogens is 2. The van der Waals surface area contributed by atoms with E-state index in [1.54, 1.807) is 11.3 Å². The molecule has 1 aliphatic rings. The third kappa shape index (κ3) is 3.03. The maximum absolute atomic E-state index is 13.1. The van der Waals surface area contributed by atoms with Gasteiger partial charge in [-0.25, -0.2) is 8.78 Å². The topological polar surface area (TPSA) is 32.3 Å². The molecule has 1 amide bonds. The summed E-state index contributed by atoms with van der Waals surface area (Å²) in [7, 11) is 0. The van der Waals surface area contributed by atoms with Crippen LogP contribution in [0.15, 0.2) is 29.6 Å². The zero-order valence-electron chi connectivity index (χ0n) is 12.1. The predicted octanol–water partition coefficient (Wildman–Crippen LogP) is 3.58. The van der Waals surface area contributed by atoms with Gasteiger partial charge in [0.25, 0.3) is 0 Å². The number of hydrogen-bond acceptors (Lipinski definition) is 3. The monoisotopic (exact) mass is 322 g/mol. The lowest BCUT2D eigenvalue weighted by Crippen LogP contribution is -2.39. The van der Waals surface area contributed by atoms with Gasteiger partial charge in [0, 0.05) is 29.2 Å². The Kier molecular flexibility index (Phi) is 4.22. The second-order valence-electron chi connectivity index (χ2n) is 5.37. The molecular weight excluding hydrogens is 306 g/mol. The van der Waals surface area contributed by atoms with Gasteiger partial charge in [0.1, 0.15) is 0 Å². The van der Waals surface area contributed by atoms with Crippen molar-refractivity contribution in [2.24, 2.45) is 0 Å². The van der Waals surface area contributed by atoms with E-state index in [4.69, 9.17) is 0 Å². The first-order valence-electron chi connectivity index (χ1n) is 7.10. The van der Waals surface area contributed by atoms with Gasteiger partial charge in [-0.3, -0.25) is 9.69 Å². The Hall–Kier alpha value is -1.79. The summed E-state index contributed by atoms with van der Waals surface area (Å²) in [6.07, 6.45) is 0.940. The van der Waals surface area contributed by atoms with Crippen molar-refractivity contribution >= 4 is 22.9 Å². The van der Waals surface area contributed by atoms with Gasteiger partial charge < -0.3 is 5.32 Å². The molecule has 3 nitrogen and oxygen atoms in total. The van der Waals surface area contributed by atoms with E-state index in [-0.39, 0.29) is 24.2 Å². The summed E-state index contributed by atoms with van der Waals surface area (Å²) in [4.78, 5) is 15.6. The molecule has 2 aromatic rings. The van der Waals surface area contributed by atoms with Crippen LogP contribution in [0.2, 0.25) is 0 Å². The molecule has 3 rings (SSSR count). The molecule has 1 aromatic carbocycles. The molecule has 0 radical (unpaired) electrons. The number of amides is 1. The highest BCUT2D eigenvalue weighted by atomic mass is 32.1. The fraction of sp³-hybridized carbons (Fsp3) is 0.312. The van der Waals surface area contributed by atoms with E-state index in [1.165, 1.54) is 16.5 Å². The average molecular weight is 322 g/mol. The van der Waals surface area contributed by atoms with Gasteiger partial charge in [-0.2, -0.15) is 0 Å². The molecule has 0 aliphatic carbocycles. The van der Waals surface area contributed by atoms with Crippen LogP contribution in [0, 0.1) is 11.6 Å². The number of fused-ring (bicyclic) bond motifs is 1. The van der Waals surface area contributed by atoms with Crippen LogP contribution >= 0.6 is 11.3 Å². The molecule has 0 saturated carbocycles. The lowest BCUT2D eigenvalue weighted by atomic mass is 10.0. The second-order valence-corrected chi connectivity index (χ2v) is 6.37. The van der Waals surface area contributed by atoms with Crippen molar-refractivity contribution in [3.8, 4) is 0 Å².